The molecule has 1 unspecified atom stereocenters. The summed E-state index contributed by atoms with van der Waals surface area (Å²) >= 11 is 11.8. The molecule has 0 bridgehead atoms. The first-order valence-corrected chi connectivity index (χ1v) is 6.37. The maximum Gasteiger partial charge on any atom is 0.229 e. The third kappa shape index (κ3) is 3.45. The maximum atomic E-state index is 9.85. The van der Waals surface area contributed by atoms with Crippen LogP contribution in [0.25, 0.3) is 11.4 Å². The average Bonchev–Trinajstić information content (AvgIpc) is 2.80. The number of nitrogens with two attached hydrogens (primary N) is 1. The van der Waals surface area contributed by atoms with Crippen LogP contribution in [0.2, 0.25) is 10.0 Å². The topological polar surface area (TPSA) is 85.2 Å². The van der Waals surface area contributed by atoms with Crippen molar-refractivity contribution in [3.63, 3.8) is 0 Å². The summed E-state index contributed by atoms with van der Waals surface area (Å²) < 4.78 is 5.07. The van der Waals surface area contributed by atoms with Crippen molar-refractivity contribution in [2.75, 3.05) is 6.54 Å². The molecule has 0 spiro atoms. The van der Waals surface area contributed by atoms with E-state index in [1.807, 2.05) is 0 Å². The second-order valence-electron chi connectivity index (χ2n) is 4.52. The van der Waals surface area contributed by atoms with Gasteiger partial charge in [-0.3, -0.25) is 0 Å². The summed E-state index contributed by atoms with van der Waals surface area (Å²) in [5, 5.41) is 14.6. The van der Waals surface area contributed by atoms with Crippen LogP contribution in [0.4, 0.5) is 0 Å². The van der Waals surface area contributed by atoms with Gasteiger partial charge in [0.2, 0.25) is 11.7 Å². The van der Waals surface area contributed by atoms with Gasteiger partial charge in [-0.05, 0) is 25.1 Å². The predicted molar refractivity (Wildman–Crippen MR) is 73.1 cm³/mol. The smallest absolute Gasteiger partial charge is 0.229 e. The van der Waals surface area contributed by atoms with Gasteiger partial charge >= 0.3 is 0 Å². The minimum atomic E-state index is -1.07. The Morgan fingerprint density at radius 1 is 1.37 bits per heavy atom. The molecular weight excluding hydrogens is 289 g/mol. The van der Waals surface area contributed by atoms with Gasteiger partial charge in [-0.15, -0.1) is 0 Å². The SMILES string of the molecule is CC(O)(CN)Cc1nc(-c2ccc(Cl)c(Cl)c2)no1. The highest BCUT2D eigenvalue weighted by Crippen LogP contribution is 2.27. The molecule has 0 fully saturated rings. The Labute approximate surface area is 120 Å². The van der Waals surface area contributed by atoms with E-state index in [0.717, 1.165) is 0 Å². The molecule has 2 aromatic rings. The van der Waals surface area contributed by atoms with Crippen molar-refractivity contribution in [1.82, 2.24) is 10.1 Å². The van der Waals surface area contributed by atoms with E-state index in [4.69, 9.17) is 33.5 Å². The molecule has 0 saturated heterocycles. The summed E-state index contributed by atoms with van der Waals surface area (Å²) in [6, 6.07) is 5.05. The Kier molecular flexibility index (Phi) is 4.10. The molecule has 0 aliphatic rings. The lowest BCUT2D eigenvalue weighted by atomic mass is 10.0. The largest absolute Gasteiger partial charge is 0.388 e. The summed E-state index contributed by atoms with van der Waals surface area (Å²) in [5.41, 5.74) is 5.06. The van der Waals surface area contributed by atoms with Crippen molar-refractivity contribution in [2.45, 2.75) is 18.9 Å². The number of benzene rings is 1. The van der Waals surface area contributed by atoms with Crippen LogP contribution in [0, 0.1) is 0 Å². The third-order valence-corrected chi connectivity index (χ3v) is 3.36. The molecule has 0 aliphatic carbocycles. The van der Waals surface area contributed by atoms with E-state index in [1.54, 1.807) is 25.1 Å². The Hall–Kier alpha value is -1.14. The van der Waals surface area contributed by atoms with Gasteiger partial charge in [-0.25, -0.2) is 0 Å². The van der Waals surface area contributed by atoms with Crippen LogP contribution in [0.5, 0.6) is 0 Å². The van der Waals surface area contributed by atoms with Crippen molar-refractivity contribution in [3.05, 3.63) is 34.1 Å². The first-order chi connectivity index (χ1) is 8.91. The molecule has 5 nitrogen and oxygen atoms in total. The normalized spacial score (nSPS) is 14.4. The molecule has 0 amide bonds. The van der Waals surface area contributed by atoms with Gasteiger partial charge in [0.15, 0.2) is 0 Å². The zero-order valence-electron chi connectivity index (χ0n) is 10.2. The van der Waals surface area contributed by atoms with E-state index in [0.29, 0.717) is 27.3 Å². The summed E-state index contributed by atoms with van der Waals surface area (Å²) in [6.07, 6.45) is 0.192. The van der Waals surface area contributed by atoms with Gasteiger partial charge < -0.3 is 15.4 Å². The molecular formula is C12H13Cl2N3O2. The van der Waals surface area contributed by atoms with E-state index < -0.39 is 5.60 Å². The second-order valence-corrected chi connectivity index (χ2v) is 5.33. The molecule has 1 heterocycles. The number of halogens is 2. The van der Waals surface area contributed by atoms with Crippen LogP contribution < -0.4 is 5.73 Å². The predicted octanol–water partition coefficient (Wildman–Crippen LogP) is 2.30. The molecule has 19 heavy (non-hydrogen) atoms. The highest BCUT2D eigenvalue weighted by atomic mass is 35.5. The van der Waals surface area contributed by atoms with Crippen LogP contribution in [-0.4, -0.2) is 27.4 Å². The van der Waals surface area contributed by atoms with Crippen LogP contribution >= 0.6 is 23.2 Å². The Bertz CT molecular complexity index is 584. The fourth-order valence-corrected chi connectivity index (χ4v) is 1.78. The molecule has 1 aromatic heterocycles. The molecule has 0 radical (unpaired) electrons. The third-order valence-electron chi connectivity index (χ3n) is 2.62. The first kappa shape index (κ1) is 14.3. The second kappa shape index (κ2) is 5.46. The maximum absolute atomic E-state index is 9.85. The highest BCUT2D eigenvalue weighted by molar-refractivity contribution is 6.42. The van der Waals surface area contributed by atoms with Crippen LogP contribution in [0.15, 0.2) is 22.7 Å². The lowest BCUT2D eigenvalue weighted by Gasteiger charge is -2.17. The lowest BCUT2D eigenvalue weighted by Crippen LogP contribution is -2.36. The van der Waals surface area contributed by atoms with Crippen molar-refractivity contribution in [3.8, 4) is 11.4 Å². The molecule has 102 valence electrons. The standard InChI is InChI=1S/C12H13Cl2N3O2/c1-12(18,6-15)5-10-16-11(17-19-10)7-2-3-8(13)9(14)4-7/h2-4,18H,5-6,15H2,1H3. The number of aromatic nitrogens is 2. The summed E-state index contributed by atoms with van der Waals surface area (Å²) in [7, 11) is 0. The minimum absolute atomic E-state index is 0.109. The number of hydrogen-bond donors (Lipinski definition) is 2. The number of hydrogen-bond acceptors (Lipinski definition) is 5. The number of rotatable bonds is 4. The average molecular weight is 302 g/mol. The molecule has 1 atom stereocenters. The first-order valence-electron chi connectivity index (χ1n) is 5.62. The van der Waals surface area contributed by atoms with Crippen LogP contribution in [0.3, 0.4) is 0 Å². The quantitative estimate of drug-likeness (QED) is 0.905. The Morgan fingerprint density at radius 2 is 2.11 bits per heavy atom. The zero-order valence-corrected chi connectivity index (χ0v) is 11.7. The Morgan fingerprint density at radius 3 is 2.74 bits per heavy atom. The lowest BCUT2D eigenvalue weighted by molar-refractivity contribution is 0.0610. The van der Waals surface area contributed by atoms with Crippen LogP contribution in [-0.2, 0) is 6.42 Å². The molecule has 3 N–H and O–H groups in total. The fraction of sp³-hybridized carbons (Fsp3) is 0.333. The molecule has 7 heteroatoms. The molecule has 0 aliphatic heterocycles. The number of nitrogens with zero attached hydrogens (tertiary/aromatic N) is 2. The fourth-order valence-electron chi connectivity index (χ4n) is 1.48. The van der Waals surface area contributed by atoms with Gasteiger partial charge in [-0.1, -0.05) is 28.4 Å². The van der Waals surface area contributed by atoms with E-state index in [2.05, 4.69) is 10.1 Å². The number of aliphatic hydroxyl groups is 1. The van der Waals surface area contributed by atoms with Gasteiger partial charge in [0, 0.05) is 12.1 Å². The van der Waals surface area contributed by atoms with E-state index in [-0.39, 0.29) is 13.0 Å². The summed E-state index contributed by atoms with van der Waals surface area (Å²) in [4.78, 5) is 4.19. The van der Waals surface area contributed by atoms with Gasteiger partial charge in [0.05, 0.1) is 22.1 Å². The molecule has 2 rings (SSSR count). The van der Waals surface area contributed by atoms with Crippen molar-refractivity contribution in [2.24, 2.45) is 5.73 Å². The summed E-state index contributed by atoms with van der Waals surface area (Å²) in [6.45, 7) is 1.72. The Balaban J connectivity index is 2.23. The van der Waals surface area contributed by atoms with Gasteiger partial charge in [0.25, 0.3) is 0 Å². The molecule has 1 aromatic carbocycles. The van der Waals surface area contributed by atoms with Crippen LogP contribution in [0.1, 0.15) is 12.8 Å². The van der Waals surface area contributed by atoms with Crippen molar-refractivity contribution in [1.29, 1.82) is 0 Å². The van der Waals surface area contributed by atoms with Gasteiger partial charge in [0.1, 0.15) is 0 Å². The zero-order chi connectivity index (χ0) is 14.0. The molecule has 0 saturated carbocycles. The minimum Gasteiger partial charge on any atom is -0.388 e. The highest BCUT2D eigenvalue weighted by Gasteiger charge is 2.23. The van der Waals surface area contributed by atoms with Gasteiger partial charge in [-0.2, -0.15) is 4.98 Å². The van der Waals surface area contributed by atoms with E-state index in [9.17, 15) is 5.11 Å². The van der Waals surface area contributed by atoms with E-state index >= 15 is 0 Å². The monoisotopic (exact) mass is 301 g/mol. The summed E-state index contributed by atoms with van der Waals surface area (Å²) in [5.74, 6) is 0.706. The van der Waals surface area contributed by atoms with E-state index in [1.165, 1.54) is 0 Å². The van der Waals surface area contributed by atoms with Crippen molar-refractivity contribution >= 4 is 23.2 Å². The van der Waals surface area contributed by atoms with Crippen molar-refractivity contribution < 1.29 is 9.63 Å².